The summed E-state index contributed by atoms with van der Waals surface area (Å²) < 4.78 is 22.8. The Hall–Kier alpha value is -0.310. The Morgan fingerprint density at radius 2 is 1.61 bits per heavy atom. The number of rotatable bonds is 11. The molecule has 0 unspecified atom stereocenters. The van der Waals surface area contributed by atoms with Crippen LogP contribution in [0, 0.1) is 0 Å². The molecular weight excluding hydrogens is 251 g/mol. The molecule has 18 heavy (non-hydrogen) atoms. The number of hydrogen-bond donors (Lipinski definition) is 1. The van der Waals surface area contributed by atoms with Crippen LogP contribution in [0.15, 0.2) is 11.6 Å². The second-order valence-electron chi connectivity index (χ2n) is 4.12. The van der Waals surface area contributed by atoms with Gasteiger partial charge in [-0.25, -0.2) is 0 Å². The zero-order valence-corrected chi connectivity index (χ0v) is 12.7. The van der Waals surface area contributed by atoms with Crippen LogP contribution >= 0.6 is 7.60 Å². The van der Waals surface area contributed by atoms with E-state index in [0.29, 0.717) is 24.9 Å². The highest BCUT2D eigenvalue weighted by Gasteiger charge is 2.29. The van der Waals surface area contributed by atoms with E-state index in [0.717, 1.165) is 19.1 Å². The fraction of sp³-hybridized carbons (Fsp3) is 0.846. The van der Waals surface area contributed by atoms with Crippen molar-refractivity contribution in [2.45, 2.75) is 59.3 Å². The largest absolute Gasteiger partial charge is 0.515 e. The van der Waals surface area contributed by atoms with Crippen LogP contribution in [0.5, 0.6) is 0 Å². The Morgan fingerprint density at radius 1 is 1.06 bits per heavy atom. The van der Waals surface area contributed by atoms with Gasteiger partial charge in [0.05, 0.1) is 24.8 Å². The van der Waals surface area contributed by atoms with E-state index in [4.69, 9.17) is 9.05 Å². The van der Waals surface area contributed by atoms with E-state index in [1.54, 1.807) is 13.8 Å². The molecule has 0 bridgehead atoms. The van der Waals surface area contributed by atoms with Gasteiger partial charge >= 0.3 is 7.60 Å². The maximum atomic E-state index is 12.4. The molecule has 1 N–H and O–H groups in total. The van der Waals surface area contributed by atoms with Gasteiger partial charge in [0.1, 0.15) is 0 Å². The molecule has 0 aliphatic heterocycles. The molecule has 0 amide bonds. The van der Waals surface area contributed by atoms with Gasteiger partial charge in [-0.15, -0.1) is 0 Å². The van der Waals surface area contributed by atoms with Crippen molar-refractivity contribution < 1.29 is 18.7 Å². The quantitative estimate of drug-likeness (QED) is 0.328. The van der Waals surface area contributed by atoms with Gasteiger partial charge in [0, 0.05) is 0 Å². The summed E-state index contributed by atoms with van der Waals surface area (Å²) in [5.41, 5.74) is 0. The molecule has 0 fully saturated rings. The summed E-state index contributed by atoms with van der Waals surface area (Å²) in [7, 11) is -3.27. The number of unbranched alkanes of at least 4 members (excludes halogenated alkanes) is 4. The molecule has 0 spiro atoms. The maximum absolute atomic E-state index is 12.4. The summed E-state index contributed by atoms with van der Waals surface area (Å²) in [5.74, 6) is 0. The highest BCUT2D eigenvalue weighted by molar-refractivity contribution is 7.58. The lowest BCUT2D eigenvalue weighted by atomic mass is 10.1. The van der Waals surface area contributed by atoms with Crippen LogP contribution in [-0.4, -0.2) is 18.3 Å². The highest BCUT2D eigenvalue weighted by Crippen LogP contribution is 2.57. The molecule has 0 rings (SSSR count). The van der Waals surface area contributed by atoms with Crippen molar-refractivity contribution in [2.75, 3.05) is 13.2 Å². The average Bonchev–Trinajstić information content (AvgIpc) is 2.34. The smallest absolute Gasteiger partial charge is 0.360 e. The van der Waals surface area contributed by atoms with Gasteiger partial charge in [-0.3, -0.25) is 4.57 Å². The molecule has 0 aliphatic rings. The number of hydrogen-bond acceptors (Lipinski definition) is 4. The first-order valence-electron chi connectivity index (χ1n) is 6.87. The van der Waals surface area contributed by atoms with Crippen molar-refractivity contribution in [3.8, 4) is 0 Å². The van der Waals surface area contributed by atoms with Crippen LogP contribution < -0.4 is 0 Å². The third-order valence-corrected chi connectivity index (χ3v) is 4.87. The Morgan fingerprint density at radius 3 is 2.06 bits per heavy atom. The van der Waals surface area contributed by atoms with E-state index in [-0.39, 0.29) is 0 Å². The zero-order chi connectivity index (χ0) is 13.9. The summed E-state index contributed by atoms with van der Waals surface area (Å²) in [5, 5.41) is 9.61. The zero-order valence-electron chi connectivity index (χ0n) is 11.9. The summed E-state index contributed by atoms with van der Waals surface area (Å²) in [6, 6.07) is 0. The molecule has 0 radical (unpaired) electrons. The molecule has 0 aromatic heterocycles. The van der Waals surface area contributed by atoms with Gasteiger partial charge in [0.25, 0.3) is 0 Å². The van der Waals surface area contributed by atoms with Crippen LogP contribution in [0.25, 0.3) is 0 Å². The minimum atomic E-state index is -3.27. The van der Waals surface area contributed by atoms with Crippen molar-refractivity contribution in [1.29, 1.82) is 0 Å². The second kappa shape index (κ2) is 10.6. The van der Waals surface area contributed by atoms with Gasteiger partial charge in [0.15, 0.2) is 0 Å². The lowest BCUT2D eigenvalue weighted by Crippen LogP contribution is -1.99. The van der Waals surface area contributed by atoms with Gasteiger partial charge in [-0.2, -0.15) is 0 Å². The third kappa shape index (κ3) is 6.58. The topological polar surface area (TPSA) is 55.8 Å². The van der Waals surface area contributed by atoms with Crippen LogP contribution in [-0.2, 0) is 13.6 Å². The first-order valence-corrected chi connectivity index (χ1v) is 8.41. The first kappa shape index (κ1) is 17.7. The minimum absolute atomic E-state index is 0.310. The van der Waals surface area contributed by atoms with Crippen molar-refractivity contribution in [2.24, 2.45) is 0 Å². The number of aliphatic hydroxyl groups excluding tert-OH is 1. The molecule has 0 aromatic carbocycles. The van der Waals surface area contributed by atoms with E-state index in [1.165, 1.54) is 19.3 Å². The molecule has 4 nitrogen and oxygen atoms in total. The highest BCUT2D eigenvalue weighted by atomic mass is 31.2. The summed E-state index contributed by atoms with van der Waals surface area (Å²) in [6.45, 7) is 6.32. The first-order chi connectivity index (χ1) is 8.64. The molecule has 0 heterocycles. The van der Waals surface area contributed by atoms with E-state index < -0.39 is 7.60 Å². The van der Waals surface area contributed by atoms with Gasteiger partial charge in [0.2, 0.25) is 0 Å². The molecule has 0 atom stereocenters. The van der Waals surface area contributed by atoms with Crippen LogP contribution in [0.1, 0.15) is 59.3 Å². The lowest BCUT2D eigenvalue weighted by molar-refractivity contribution is 0.224. The monoisotopic (exact) mass is 278 g/mol. The maximum Gasteiger partial charge on any atom is 0.360 e. The lowest BCUT2D eigenvalue weighted by Gasteiger charge is -2.19. The van der Waals surface area contributed by atoms with Gasteiger partial charge in [-0.05, 0) is 26.7 Å². The fourth-order valence-corrected chi connectivity index (χ4v) is 3.38. The molecule has 108 valence electrons. The Balaban J connectivity index is 4.31. The molecule has 0 aromatic rings. The normalized spacial score (nSPS) is 12.9. The minimum Gasteiger partial charge on any atom is -0.515 e. The van der Waals surface area contributed by atoms with Gasteiger partial charge < -0.3 is 14.2 Å². The van der Waals surface area contributed by atoms with E-state index in [9.17, 15) is 9.67 Å². The van der Waals surface area contributed by atoms with Crippen LogP contribution in [0.2, 0.25) is 0 Å². The average molecular weight is 278 g/mol. The van der Waals surface area contributed by atoms with Crippen LogP contribution in [0.4, 0.5) is 0 Å². The van der Waals surface area contributed by atoms with Gasteiger partial charge in [-0.1, -0.05) is 32.6 Å². The second-order valence-corrected chi connectivity index (χ2v) is 6.20. The predicted octanol–water partition coefficient (Wildman–Crippen LogP) is 5.01. The van der Waals surface area contributed by atoms with E-state index in [2.05, 4.69) is 6.92 Å². The summed E-state index contributed by atoms with van der Waals surface area (Å²) in [6.07, 6.45) is 7.01. The third-order valence-electron chi connectivity index (χ3n) is 2.64. The van der Waals surface area contributed by atoms with Crippen LogP contribution in [0.3, 0.4) is 0 Å². The molecule has 0 saturated heterocycles. The van der Waals surface area contributed by atoms with Crippen molar-refractivity contribution in [3.05, 3.63) is 11.6 Å². The Labute approximate surface area is 111 Å². The summed E-state index contributed by atoms with van der Waals surface area (Å²) in [4.78, 5) is 0. The van der Waals surface area contributed by atoms with Crippen molar-refractivity contribution in [3.63, 3.8) is 0 Å². The fourth-order valence-electron chi connectivity index (χ4n) is 1.72. The summed E-state index contributed by atoms with van der Waals surface area (Å²) >= 11 is 0. The van der Waals surface area contributed by atoms with E-state index in [1.807, 2.05) is 0 Å². The molecule has 0 saturated carbocycles. The number of allylic oxidation sites excluding steroid dienone is 1. The molecule has 5 heteroatoms. The molecular formula is C13H27O4P. The Bertz CT molecular complexity index is 266. The molecule has 0 aliphatic carbocycles. The Kier molecular flexibility index (Phi) is 10.4. The standard InChI is InChI=1S/C13H27O4P/c1-4-7-8-9-10-11-13(12-14)18(15,16-5-2)17-6-3/h12,14H,4-11H2,1-3H3/b13-12-. The predicted molar refractivity (Wildman–Crippen MR) is 74.9 cm³/mol. The van der Waals surface area contributed by atoms with Crippen molar-refractivity contribution in [1.82, 2.24) is 0 Å². The SMILES string of the molecule is CCCCCCC/C(=C/O)P(=O)(OCC)OCC. The van der Waals surface area contributed by atoms with Crippen molar-refractivity contribution >= 4 is 7.60 Å². The van der Waals surface area contributed by atoms with E-state index >= 15 is 0 Å². The number of aliphatic hydroxyl groups is 1.